The number of aromatic nitrogens is 1. The summed E-state index contributed by atoms with van der Waals surface area (Å²) in [5.74, 6) is 0. The van der Waals surface area contributed by atoms with Crippen molar-refractivity contribution in [2.45, 2.75) is 0 Å². The van der Waals surface area contributed by atoms with Crippen LogP contribution in [0, 0.1) is 0 Å². The van der Waals surface area contributed by atoms with E-state index in [2.05, 4.69) is 193 Å². The molecule has 0 atom stereocenters. The third-order valence-corrected chi connectivity index (χ3v) is 10.1. The SMILES string of the molecule is c1ccc(-c2cc(-c3ccc4ccc5c6ccccc6ccc5c4c3)cc(-c3ccc4c(c3)c3ccccc3n4-c3ccccc3)c2)cc1. The lowest BCUT2D eigenvalue weighted by atomic mass is 9.91. The molecular formula is C48H31N. The number of para-hydroxylation sites is 2. The lowest BCUT2D eigenvalue weighted by Gasteiger charge is -2.13. The van der Waals surface area contributed by atoms with E-state index in [-0.39, 0.29) is 0 Å². The van der Waals surface area contributed by atoms with Crippen molar-refractivity contribution in [2.24, 2.45) is 0 Å². The molecular weight excluding hydrogens is 591 g/mol. The average molecular weight is 622 g/mol. The Hall–Kier alpha value is -6.44. The van der Waals surface area contributed by atoms with E-state index < -0.39 is 0 Å². The molecule has 9 aromatic carbocycles. The normalized spacial score (nSPS) is 11.7. The van der Waals surface area contributed by atoms with Crippen molar-refractivity contribution in [3.8, 4) is 39.1 Å². The van der Waals surface area contributed by atoms with Crippen LogP contribution in [0.15, 0.2) is 188 Å². The monoisotopic (exact) mass is 621 g/mol. The first-order chi connectivity index (χ1) is 24.3. The second-order valence-electron chi connectivity index (χ2n) is 13.0. The topological polar surface area (TPSA) is 4.93 Å². The number of rotatable bonds is 4. The molecule has 0 saturated heterocycles. The maximum Gasteiger partial charge on any atom is 0.0541 e. The molecule has 0 amide bonds. The van der Waals surface area contributed by atoms with E-state index in [0.29, 0.717) is 0 Å². The molecule has 1 aromatic heterocycles. The van der Waals surface area contributed by atoms with Crippen LogP contribution in [0.25, 0.3) is 93.2 Å². The first-order valence-corrected chi connectivity index (χ1v) is 16.9. The summed E-state index contributed by atoms with van der Waals surface area (Å²) in [5.41, 5.74) is 10.9. The van der Waals surface area contributed by atoms with Gasteiger partial charge in [-0.05, 0) is 120 Å². The minimum atomic E-state index is 1.17. The molecule has 49 heavy (non-hydrogen) atoms. The molecule has 0 unspecified atom stereocenters. The summed E-state index contributed by atoms with van der Waals surface area (Å²) >= 11 is 0. The van der Waals surface area contributed by atoms with Crippen molar-refractivity contribution in [3.63, 3.8) is 0 Å². The Labute approximate surface area is 284 Å². The number of hydrogen-bond acceptors (Lipinski definition) is 0. The Kier molecular flexibility index (Phi) is 6.25. The van der Waals surface area contributed by atoms with E-state index in [0.717, 1.165) is 0 Å². The summed E-state index contributed by atoms with van der Waals surface area (Å²) in [7, 11) is 0. The van der Waals surface area contributed by atoms with Crippen LogP contribution in [0.4, 0.5) is 0 Å². The minimum absolute atomic E-state index is 1.17. The molecule has 228 valence electrons. The van der Waals surface area contributed by atoms with Gasteiger partial charge in [0, 0.05) is 16.5 Å². The summed E-state index contributed by atoms with van der Waals surface area (Å²) in [4.78, 5) is 0. The van der Waals surface area contributed by atoms with Crippen LogP contribution in [0.1, 0.15) is 0 Å². The predicted molar refractivity (Wildman–Crippen MR) is 210 cm³/mol. The molecule has 0 bridgehead atoms. The molecule has 1 heterocycles. The first kappa shape index (κ1) is 27.7. The van der Waals surface area contributed by atoms with Crippen LogP contribution in [0.3, 0.4) is 0 Å². The maximum absolute atomic E-state index is 2.39. The van der Waals surface area contributed by atoms with Gasteiger partial charge in [0.25, 0.3) is 0 Å². The van der Waals surface area contributed by atoms with Gasteiger partial charge in [-0.3, -0.25) is 0 Å². The Balaban J connectivity index is 1.19. The standard InChI is InChI=1S/C48H31N/c1-3-11-32(12-4-1)37-27-38(35-20-19-34-22-24-42-41-16-8-7-13-33(41)21-25-43(42)45(34)30-35)29-39(28-37)36-23-26-48-46(31-36)44-17-9-10-18-47(44)49(48)40-14-5-2-6-15-40/h1-31H. The van der Waals surface area contributed by atoms with Gasteiger partial charge >= 0.3 is 0 Å². The lowest BCUT2D eigenvalue weighted by molar-refractivity contribution is 1.18. The van der Waals surface area contributed by atoms with Crippen LogP contribution in [0.5, 0.6) is 0 Å². The lowest BCUT2D eigenvalue weighted by Crippen LogP contribution is -1.93. The van der Waals surface area contributed by atoms with Crippen molar-refractivity contribution >= 4 is 54.1 Å². The molecule has 0 saturated carbocycles. The third-order valence-electron chi connectivity index (χ3n) is 10.1. The molecule has 10 rings (SSSR count). The highest BCUT2D eigenvalue weighted by Crippen LogP contribution is 2.39. The molecule has 0 aliphatic carbocycles. The fourth-order valence-corrected chi connectivity index (χ4v) is 7.76. The van der Waals surface area contributed by atoms with Gasteiger partial charge < -0.3 is 4.57 Å². The zero-order valence-electron chi connectivity index (χ0n) is 26.8. The fourth-order valence-electron chi connectivity index (χ4n) is 7.76. The molecule has 0 aliphatic rings. The predicted octanol–water partition coefficient (Wildman–Crippen LogP) is 13.2. The van der Waals surface area contributed by atoms with Crippen LogP contribution >= 0.6 is 0 Å². The molecule has 0 radical (unpaired) electrons. The van der Waals surface area contributed by atoms with Crippen LogP contribution < -0.4 is 0 Å². The summed E-state index contributed by atoms with van der Waals surface area (Å²) in [6, 6.07) is 68.9. The largest absolute Gasteiger partial charge is 0.309 e. The van der Waals surface area contributed by atoms with Gasteiger partial charge in [0.05, 0.1) is 11.0 Å². The Morgan fingerprint density at radius 2 is 0.755 bits per heavy atom. The third kappa shape index (κ3) is 4.55. The molecule has 0 fully saturated rings. The van der Waals surface area contributed by atoms with Crippen LogP contribution in [-0.4, -0.2) is 4.57 Å². The molecule has 0 spiro atoms. The molecule has 1 nitrogen and oxygen atoms in total. The molecule has 1 heteroatoms. The minimum Gasteiger partial charge on any atom is -0.309 e. The molecule has 0 aliphatic heterocycles. The van der Waals surface area contributed by atoms with Crippen molar-refractivity contribution in [1.29, 1.82) is 0 Å². The summed E-state index contributed by atoms with van der Waals surface area (Å²) in [6.07, 6.45) is 0. The van der Waals surface area contributed by atoms with Gasteiger partial charge in [0.15, 0.2) is 0 Å². The van der Waals surface area contributed by atoms with Gasteiger partial charge in [0.1, 0.15) is 0 Å². The maximum atomic E-state index is 2.39. The average Bonchev–Trinajstić information content (AvgIpc) is 3.51. The Morgan fingerprint density at radius 3 is 1.51 bits per heavy atom. The zero-order valence-corrected chi connectivity index (χ0v) is 26.8. The van der Waals surface area contributed by atoms with Gasteiger partial charge in [-0.2, -0.15) is 0 Å². The Bertz CT molecular complexity index is 2860. The zero-order chi connectivity index (χ0) is 32.3. The van der Waals surface area contributed by atoms with Crippen molar-refractivity contribution in [1.82, 2.24) is 4.57 Å². The molecule has 0 N–H and O–H groups in total. The summed E-state index contributed by atoms with van der Waals surface area (Å²) < 4.78 is 2.38. The van der Waals surface area contributed by atoms with Gasteiger partial charge in [-0.1, -0.05) is 133 Å². The van der Waals surface area contributed by atoms with E-state index >= 15 is 0 Å². The summed E-state index contributed by atoms with van der Waals surface area (Å²) in [5, 5.41) is 10.2. The van der Waals surface area contributed by atoms with Crippen LogP contribution in [-0.2, 0) is 0 Å². The second kappa shape index (κ2) is 11.1. The quantitative estimate of drug-likeness (QED) is 0.172. The smallest absolute Gasteiger partial charge is 0.0541 e. The highest BCUT2D eigenvalue weighted by atomic mass is 15.0. The van der Waals surface area contributed by atoms with E-state index in [1.807, 2.05) is 0 Å². The second-order valence-corrected chi connectivity index (χ2v) is 13.0. The van der Waals surface area contributed by atoms with Crippen molar-refractivity contribution in [3.05, 3.63) is 188 Å². The number of benzene rings is 9. The van der Waals surface area contributed by atoms with Crippen molar-refractivity contribution < 1.29 is 0 Å². The van der Waals surface area contributed by atoms with Gasteiger partial charge in [-0.25, -0.2) is 0 Å². The highest BCUT2D eigenvalue weighted by molar-refractivity contribution is 6.18. The number of fused-ring (bicyclic) bond motifs is 8. The fraction of sp³-hybridized carbons (Fsp3) is 0. The van der Waals surface area contributed by atoms with Crippen LogP contribution in [0.2, 0.25) is 0 Å². The summed E-state index contributed by atoms with van der Waals surface area (Å²) in [6.45, 7) is 0. The van der Waals surface area contributed by atoms with E-state index in [1.54, 1.807) is 0 Å². The molecule has 10 aromatic rings. The first-order valence-electron chi connectivity index (χ1n) is 16.9. The van der Waals surface area contributed by atoms with E-state index in [1.165, 1.54) is 93.2 Å². The Morgan fingerprint density at radius 1 is 0.245 bits per heavy atom. The van der Waals surface area contributed by atoms with Crippen molar-refractivity contribution in [2.75, 3.05) is 0 Å². The van der Waals surface area contributed by atoms with E-state index in [4.69, 9.17) is 0 Å². The number of nitrogens with zero attached hydrogens (tertiary/aromatic N) is 1. The van der Waals surface area contributed by atoms with Gasteiger partial charge in [0.2, 0.25) is 0 Å². The highest BCUT2D eigenvalue weighted by Gasteiger charge is 2.15. The number of hydrogen-bond donors (Lipinski definition) is 0. The van der Waals surface area contributed by atoms with E-state index in [9.17, 15) is 0 Å². The van der Waals surface area contributed by atoms with Gasteiger partial charge in [-0.15, -0.1) is 0 Å².